The molecule has 0 saturated heterocycles. The molecule has 1 aromatic carbocycles. The summed E-state index contributed by atoms with van der Waals surface area (Å²) in [5, 5.41) is 2.65. The van der Waals surface area contributed by atoms with Crippen LogP contribution in [0.1, 0.15) is 32.2 Å². The molecule has 0 unspecified atom stereocenters. The van der Waals surface area contributed by atoms with E-state index >= 15 is 0 Å². The lowest BCUT2D eigenvalue weighted by Gasteiger charge is -2.08. The maximum atomic E-state index is 12.4. The van der Waals surface area contributed by atoms with Crippen LogP contribution in [0, 0.1) is 6.92 Å². The van der Waals surface area contributed by atoms with Gasteiger partial charge in [-0.05, 0) is 48.9 Å². The summed E-state index contributed by atoms with van der Waals surface area (Å²) in [7, 11) is 0. The van der Waals surface area contributed by atoms with Gasteiger partial charge >= 0.3 is 5.97 Å². The topological polar surface area (TPSA) is 103 Å². The lowest BCUT2D eigenvalue weighted by molar-refractivity contribution is 0.0467. The number of hydrogen-bond donors (Lipinski definition) is 1. The summed E-state index contributed by atoms with van der Waals surface area (Å²) in [6.45, 7) is 1.73. The minimum atomic E-state index is -0.602. The molecule has 4 aromatic rings. The Morgan fingerprint density at radius 3 is 2.80 bits per heavy atom. The molecule has 1 amide bonds. The van der Waals surface area contributed by atoms with Crippen molar-refractivity contribution >= 4 is 23.2 Å². The van der Waals surface area contributed by atoms with Crippen LogP contribution in [0.4, 0.5) is 5.69 Å². The summed E-state index contributed by atoms with van der Waals surface area (Å²) in [5.41, 5.74) is 2.17. The molecule has 0 aliphatic heterocycles. The number of amides is 1. The molecule has 150 valence electrons. The highest BCUT2D eigenvalue weighted by Crippen LogP contribution is 2.14. The van der Waals surface area contributed by atoms with Crippen molar-refractivity contribution in [1.82, 2.24) is 9.38 Å². The van der Waals surface area contributed by atoms with Crippen LogP contribution in [0.5, 0.6) is 0 Å². The van der Waals surface area contributed by atoms with Gasteiger partial charge in [-0.15, -0.1) is 0 Å². The van der Waals surface area contributed by atoms with Gasteiger partial charge in [0.2, 0.25) is 0 Å². The van der Waals surface area contributed by atoms with E-state index in [-0.39, 0.29) is 23.5 Å². The second-order valence-corrected chi connectivity index (χ2v) is 6.61. The molecule has 4 rings (SSSR count). The molecule has 8 heteroatoms. The third-order valence-electron chi connectivity index (χ3n) is 4.31. The fraction of sp³-hybridized carbons (Fsp3) is 0.0909. The van der Waals surface area contributed by atoms with Crippen LogP contribution in [0.2, 0.25) is 0 Å². The molecule has 0 atom stereocenters. The number of anilines is 1. The monoisotopic (exact) mass is 403 g/mol. The summed E-state index contributed by atoms with van der Waals surface area (Å²) >= 11 is 0. The van der Waals surface area contributed by atoms with Gasteiger partial charge in [-0.1, -0.05) is 12.1 Å². The smallest absolute Gasteiger partial charge is 0.338 e. The molecule has 0 saturated carbocycles. The highest BCUT2D eigenvalue weighted by molar-refractivity contribution is 6.03. The van der Waals surface area contributed by atoms with Crippen LogP contribution in [0.3, 0.4) is 0 Å². The third-order valence-corrected chi connectivity index (χ3v) is 4.31. The standard InChI is InChI=1S/C22H17N3O5/c1-14-7-8-19-23-17(11-20(26)25(19)12-14)13-30-22(28)15-4-2-5-16(10-15)24-21(27)18-6-3-9-29-18/h2-12H,13H2,1H3,(H,24,27). The van der Waals surface area contributed by atoms with Crippen LogP contribution >= 0.6 is 0 Å². The Morgan fingerprint density at radius 1 is 1.13 bits per heavy atom. The Bertz CT molecular complexity index is 1290. The number of carbonyl (C=O) groups excluding carboxylic acids is 2. The Balaban J connectivity index is 1.45. The molecule has 0 fully saturated rings. The van der Waals surface area contributed by atoms with Crippen LogP contribution in [0.25, 0.3) is 5.65 Å². The summed E-state index contributed by atoms with van der Waals surface area (Å²) in [5.74, 6) is -0.872. The fourth-order valence-electron chi connectivity index (χ4n) is 2.88. The second-order valence-electron chi connectivity index (χ2n) is 6.61. The van der Waals surface area contributed by atoms with E-state index in [1.807, 2.05) is 13.0 Å². The molecule has 3 heterocycles. The quantitative estimate of drug-likeness (QED) is 0.513. The van der Waals surface area contributed by atoms with Gasteiger partial charge in [0.1, 0.15) is 12.3 Å². The number of nitrogens with one attached hydrogen (secondary N) is 1. The molecule has 0 bridgehead atoms. The van der Waals surface area contributed by atoms with E-state index in [0.29, 0.717) is 17.0 Å². The lowest BCUT2D eigenvalue weighted by atomic mass is 10.2. The summed E-state index contributed by atoms with van der Waals surface area (Å²) in [6.07, 6.45) is 3.10. The summed E-state index contributed by atoms with van der Waals surface area (Å²) in [4.78, 5) is 41.1. The summed E-state index contributed by atoms with van der Waals surface area (Å²) < 4.78 is 11.8. The Morgan fingerprint density at radius 2 is 2.00 bits per heavy atom. The largest absolute Gasteiger partial charge is 0.459 e. The lowest BCUT2D eigenvalue weighted by Crippen LogP contribution is -2.17. The molecule has 0 aliphatic carbocycles. The van der Waals surface area contributed by atoms with Gasteiger partial charge < -0.3 is 14.5 Å². The number of aromatic nitrogens is 2. The van der Waals surface area contributed by atoms with Gasteiger partial charge in [-0.3, -0.25) is 14.0 Å². The minimum Gasteiger partial charge on any atom is -0.459 e. The number of carbonyl (C=O) groups is 2. The number of ether oxygens (including phenoxy) is 1. The normalized spacial score (nSPS) is 10.7. The van der Waals surface area contributed by atoms with Crippen LogP contribution in [0.15, 0.2) is 76.3 Å². The van der Waals surface area contributed by atoms with Gasteiger partial charge in [0, 0.05) is 18.0 Å². The van der Waals surface area contributed by atoms with E-state index in [9.17, 15) is 14.4 Å². The number of furan rings is 1. The zero-order valence-corrected chi connectivity index (χ0v) is 16.0. The number of hydrogen-bond acceptors (Lipinski definition) is 6. The molecule has 30 heavy (non-hydrogen) atoms. The molecule has 8 nitrogen and oxygen atoms in total. The average Bonchev–Trinajstić information content (AvgIpc) is 3.28. The first-order valence-corrected chi connectivity index (χ1v) is 9.10. The number of benzene rings is 1. The Hall–Kier alpha value is -4.20. The minimum absolute atomic E-state index is 0.151. The molecule has 0 spiro atoms. The zero-order valence-electron chi connectivity index (χ0n) is 16.0. The zero-order chi connectivity index (χ0) is 21.1. The highest BCUT2D eigenvalue weighted by Gasteiger charge is 2.13. The number of esters is 1. The Kier molecular flexibility index (Phi) is 5.13. The number of pyridine rings is 1. The second kappa shape index (κ2) is 8.04. The SMILES string of the molecule is Cc1ccc2nc(COC(=O)c3cccc(NC(=O)c4ccco4)c3)cc(=O)n2c1. The first-order chi connectivity index (χ1) is 14.5. The van der Waals surface area contributed by atoms with Gasteiger partial charge in [-0.25, -0.2) is 9.78 Å². The molecule has 1 N–H and O–H groups in total. The number of fused-ring (bicyclic) bond motifs is 1. The molecular weight excluding hydrogens is 386 g/mol. The Labute approximate surface area is 170 Å². The maximum Gasteiger partial charge on any atom is 0.338 e. The van der Waals surface area contributed by atoms with Crippen molar-refractivity contribution in [2.45, 2.75) is 13.5 Å². The van der Waals surface area contributed by atoms with Crippen molar-refractivity contribution in [3.8, 4) is 0 Å². The first-order valence-electron chi connectivity index (χ1n) is 9.10. The predicted molar refractivity (Wildman–Crippen MR) is 108 cm³/mol. The molecule has 0 radical (unpaired) electrons. The fourth-order valence-corrected chi connectivity index (χ4v) is 2.88. The van der Waals surface area contributed by atoms with E-state index < -0.39 is 11.9 Å². The van der Waals surface area contributed by atoms with Crippen molar-refractivity contribution < 1.29 is 18.7 Å². The van der Waals surface area contributed by atoms with Gasteiger partial charge in [-0.2, -0.15) is 0 Å². The van der Waals surface area contributed by atoms with Gasteiger partial charge in [0.25, 0.3) is 11.5 Å². The van der Waals surface area contributed by atoms with Crippen LogP contribution < -0.4 is 10.9 Å². The van der Waals surface area contributed by atoms with Gasteiger partial charge in [0.05, 0.1) is 17.5 Å². The van der Waals surface area contributed by atoms with Crippen molar-refractivity contribution in [1.29, 1.82) is 0 Å². The number of aryl methyl sites for hydroxylation is 1. The molecular formula is C22H17N3O5. The highest BCUT2D eigenvalue weighted by atomic mass is 16.5. The van der Waals surface area contributed by atoms with Crippen molar-refractivity contribution in [2.24, 2.45) is 0 Å². The molecule has 0 aliphatic rings. The van der Waals surface area contributed by atoms with E-state index in [2.05, 4.69) is 10.3 Å². The van der Waals surface area contributed by atoms with Crippen molar-refractivity contribution in [2.75, 3.05) is 5.32 Å². The third kappa shape index (κ3) is 4.12. The predicted octanol–water partition coefficient (Wildman–Crippen LogP) is 3.21. The van der Waals surface area contributed by atoms with Crippen molar-refractivity contribution in [3.63, 3.8) is 0 Å². The van der Waals surface area contributed by atoms with E-state index in [0.717, 1.165) is 5.56 Å². The number of rotatable bonds is 5. The first kappa shape index (κ1) is 19.1. The van der Waals surface area contributed by atoms with E-state index in [1.54, 1.807) is 36.5 Å². The average molecular weight is 403 g/mol. The maximum absolute atomic E-state index is 12.4. The van der Waals surface area contributed by atoms with Crippen molar-refractivity contribution in [3.05, 3.63) is 100.0 Å². The number of nitrogens with zero attached hydrogens (tertiary/aromatic N) is 2. The van der Waals surface area contributed by atoms with Gasteiger partial charge in [0.15, 0.2) is 5.76 Å². The summed E-state index contributed by atoms with van der Waals surface area (Å²) in [6, 6.07) is 14.4. The van der Waals surface area contributed by atoms with E-state index in [4.69, 9.17) is 9.15 Å². The molecule has 3 aromatic heterocycles. The van der Waals surface area contributed by atoms with Crippen LogP contribution in [-0.4, -0.2) is 21.3 Å². The van der Waals surface area contributed by atoms with E-state index in [1.165, 1.54) is 28.9 Å². The van der Waals surface area contributed by atoms with Crippen LogP contribution in [-0.2, 0) is 11.3 Å².